The van der Waals surface area contributed by atoms with Gasteiger partial charge in [0.1, 0.15) is 5.82 Å². The molecule has 76 valence electrons. The van der Waals surface area contributed by atoms with Crippen LogP contribution in [0.15, 0.2) is 34.2 Å². The zero-order valence-electron chi connectivity index (χ0n) is 8.24. The molecule has 0 aliphatic rings. The SMILES string of the molecule is C=NC(=NC(=C)N/C(C)=C/C)C(=O)O. The van der Waals surface area contributed by atoms with Crippen molar-refractivity contribution in [1.82, 2.24) is 5.32 Å². The molecule has 5 heteroatoms. The monoisotopic (exact) mass is 195 g/mol. The van der Waals surface area contributed by atoms with E-state index in [1.54, 1.807) is 0 Å². The number of carboxylic acid groups (broad SMARTS) is 1. The predicted molar refractivity (Wildman–Crippen MR) is 56.3 cm³/mol. The van der Waals surface area contributed by atoms with Crippen LogP contribution in [0.3, 0.4) is 0 Å². The lowest BCUT2D eigenvalue weighted by molar-refractivity contribution is -0.129. The molecule has 2 N–H and O–H groups in total. The van der Waals surface area contributed by atoms with Crippen molar-refractivity contribution in [3.8, 4) is 0 Å². The molecular weight excluding hydrogens is 182 g/mol. The highest BCUT2D eigenvalue weighted by Crippen LogP contribution is 1.95. The number of carbonyl (C=O) groups is 1. The Kier molecular flexibility index (Phi) is 4.91. The number of nitrogens with zero attached hydrogens (tertiary/aromatic N) is 2. The summed E-state index contributed by atoms with van der Waals surface area (Å²) in [4.78, 5) is 17.3. The average Bonchev–Trinajstić information content (AvgIpc) is 2.13. The third-order valence-corrected chi connectivity index (χ3v) is 1.36. The van der Waals surface area contributed by atoms with E-state index in [2.05, 4.69) is 28.6 Å². The maximum atomic E-state index is 10.5. The standard InChI is InChI=1S/C9H13N3O2/c1-5-6(2)11-7(3)12-8(10-4)9(13)14/h5,11H,3-4H2,1-2H3,(H,13,14)/b6-5+,12-8?. The van der Waals surface area contributed by atoms with Crippen molar-refractivity contribution in [3.05, 3.63) is 24.2 Å². The first kappa shape index (κ1) is 12.1. The first-order valence-corrected chi connectivity index (χ1v) is 3.88. The van der Waals surface area contributed by atoms with E-state index < -0.39 is 5.97 Å². The lowest BCUT2D eigenvalue weighted by Gasteiger charge is -2.04. The number of aliphatic carboxylic acids is 1. The average molecular weight is 195 g/mol. The Labute approximate surface area is 82.6 Å². The third-order valence-electron chi connectivity index (χ3n) is 1.36. The molecule has 0 aliphatic carbocycles. The van der Waals surface area contributed by atoms with E-state index in [0.717, 1.165) is 5.70 Å². The molecule has 0 amide bonds. The van der Waals surface area contributed by atoms with E-state index in [1.807, 2.05) is 19.9 Å². The van der Waals surface area contributed by atoms with Crippen LogP contribution in [0.25, 0.3) is 0 Å². The summed E-state index contributed by atoms with van der Waals surface area (Å²) in [5.74, 6) is -1.40. The lowest BCUT2D eigenvalue weighted by atomic mass is 10.4. The van der Waals surface area contributed by atoms with E-state index >= 15 is 0 Å². The molecule has 0 spiro atoms. The number of hydrogen-bond donors (Lipinski definition) is 2. The Bertz CT molecular complexity index is 316. The van der Waals surface area contributed by atoms with E-state index in [9.17, 15) is 4.79 Å². The quantitative estimate of drug-likeness (QED) is 0.524. The summed E-state index contributed by atoms with van der Waals surface area (Å²) < 4.78 is 0. The Balaban J connectivity index is 4.56. The molecule has 0 aromatic carbocycles. The van der Waals surface area contributed by atoms with Crippen LogP contribution in [-0.4, -0.2) is 23.6 Å². The van der Waals surface area contributed by atoms with Gasteiger partial charge in [0.2, 0.25) is 5.84 Å². The van der Waals surface area contributed by atoms with Gasteiger partial charge in [0.25, 0.3) is 0 Å². The van der Waals surface area contributed by atoms with Gasteiger partial charge in [0.15, 0.2) is 0 Å². The van der Waals surface area contributed by atoms with Gasteiger partial charge in [-0.3, -0.25) is 0 Å². The molecule has 0 rings (SSSR count). The van der Waals surface area contributed by atoms with Crippen LogP contribution in [0.5, 0.6) is 0 Å². The Morgan fingerprint density at radius 2 is 2.14 bits per heavy atom. The number of allylic oxidation sites excluding steroid dienone is 2. The maximum absolute atomic E-state index is 10.5. The summed E-state index contributed by atoms with van der Waals surface area (Å²) in [5, 5.41) is 11.3. The van der Waals surface area contributed by atoms with Crippen LogP contribution < -0.4 is 5.32 Å². The zero-order valence-corrected chi connectivity index (χ0v) is 8.24. The molecule has 0 bridgehead atoms. The molecule has 0 aliphatic heterocycles. The van der Waals surface area contributed by atoms with E-state index in [4.69, 9.17) is 5.11 Å². The molecule has 0 radical (unpaired) electrons. The molecule has 0 aromatic rings. The van der Waals surface area contributed by atoms with E-state index in [-0.39, 0.29) is 11.7 Å². The molecule has 0 heterocycles. The molecule has 0 atom stereocenters. The Hall–Kier alpha value is -1.91. The molecule has 0 fully saturated rings. The molecular formula is C9H13N3O2. The number of nitrogens with one attached hydrogen (secondary N) is 1. The lowest BCUT2D eigenvalue weighted by Crippen LogP contribution is -2.14. The Morgan fingerprint density at radius 1 is 1.57 bits per heavy atom. The van der Waals surface area contributed by atoms with Gasteiger partial charge in [-0.05, 0) is 20.6 Å². The number of rotatable bonds is 3. The van der Waals surface area contributed by atoms with Gasteiger partial charge in [0.05, 0.1) is 0 Å². The molecule has 14 heavy (non-hydrogen) atoms. The van der Waals surface area contributed by atoms with Crippen LogP contribution in [0.1, 0.15) is 13.8 Å². The minimum Gasteiger partial charge on any atom is -0.475 e. The van der Waals surface area contributed by atoms with Gasteiger partial charge in [-0.2, -0.15) is 0 Å². The van der Waals surface area contributed by atoms with Crippen molar-refractivity contribution >= 4 is 18.5 Å². The van der Waals surface area contributed by atoms with Gasteiger partial charge in [0, 0.05) is 5.70 Å². The molecule has 0 saturated carbocycles. The first-order chi connectivity index (χ1) is 6.51. The highest BCUT2D eigenvalue weighted by Gasteiger charge is 2.06. The summed E-state index contributed by atoms with van der Waals surface area (Å²) in [6, 6.07) is 0. The number of amidine groups is 1. The second kappa shape index (κ2) is 5.69. The molecule has 5 nitrogen and oxygen atoms in total. The van der Waals surface area contributed by atoms with Gasteiger partial charge < -0.3 is 10.4 Å². The van der Waals surface area contributed by atoms with Crippen LogP contribution in [0.2, 0.25) is 0 Å². The predicted octanol–water partition coefficient (Wildman–Crippen LogP) is 1.15. The van der Waals surface area contributed by atoms with E-state index in [1.165, 1.54) is 0 Å². The molecule has 0 unspecified atom stereocenters. The fourth-order valence-electron chi connectivity index (χ4n) is 0.606. The summed E-state index contributed by atoms with van der Waals surface area (Å²) in [6.07, 6.45) is 1.81. The minimum atomic E-state index is -1.24. The normalized spacial score (nSPS) is 12.1. The van der Waals surface area contributed by atoms with Crippen LogP contribution >= 0.6 is 0 Å². The van der Waals surface area contributed by atoms with Gasteiger partial charge in [-0.1, -0.05) is 12.7 Å². The van der Waals surface area contributed by atoms with Gasteiger partial charge >= 0.3 is 5.97 Å². The second-order valence-electron chi connectivity index (χ2n) is 2.44. The van der Waals surface area contributed by atoms with Crippen molar-refractivity contribution in [1.29, 1.82) is 0 Å². The molecule has 0 aromatic heterocycles. The minimum absolute atomic E-state index is 0.213. The second-order valence-corrected chi connectivity index (χ2v) is 2.44. The highest BCUT2D eigenvalue weighted by atomic mass is 16.4. The first-order valence-electron chi connectivity index (χ1n) is 3.88. The summed E-state index contributed by atoms with van der Waals surface area (Å²) >= 11 is 0. The van der Waals surface area contributed by atoms with Crippen molar-refractivity contribution < 1.29 is 9.90 Å². The number of aliphatic imine (C=N–C) groups is 2. The van der Waals surface area contributed by atoms with Crippen molar-refractivity contribution in [3.63, 3.8) is 0 Å². The van der Waals surface area contributed by atoms with Gasteiger partial charge in [-0.15, -0.1) is 0 Å². The van der Waals surface area contributed by atoms with Crippen molar-refractivity contribution in [2.75, 3.05) is 0 Å². The van der Waals surface area contributed by atoms with Gasteiger partial charge in [-0.25, -0.2) is 14.8 Å². The Morgan fingerprint density at radius 3 is 2.50 bits per heavy atom. The van der Waals surface area contributed by atoms with Crippen molar-refractivity contribution in [2.45, 2.75) is 13.8 Å². The van der Waals surface area contributed by atoms with E-state index in [0.29, 0.717) is 0 Å². The third kappa shape index (κ3) is 4.20. The highest BCUT2D eigenvalue weighted by molar-refractivity contribution is 6.35. The number of carboxylic acids is 1. The largest absolute Gasteiger partial charge is 0.475 e. The number of hydrogen-bond acceptors (Lipinski definition) is 3. The topological polar surface area (TPSA) is 74.0 Å². The fourth-order valence-corrected chi connectivity index (χ4v) is 0.606. The van der Waals surface area contributed by atoms with Crippen LogP contribution in [-0.2, 0) is 4.79 Å². The maximum Gasteiger partial charge on any atom is 0.373 e. The zero-order chi connectivity index (χ0) is 11.1. The van der Waals surface area contributed by atoms with Crippen LogP contribution in [0.4, 0.5) is 0 Å². The smallest absolute Gasteiger partial charge is 0.373 e. The summed E-state index contributed by atoms with van der Waals surface area (Å²) in [7, 11) is 0. The summed E-state index contributed by atoms with van der Waals surface area (Å²) in [5.41, 5.74) is 0.826. The van der Waals surface area contributed by atoms with Crippen molar-refractivity contribution in [2.24, 2.45) is 9.98 Å². The fraction of sp³-hybridized carbons (Fsp3) is 0.222. The van der Waals surface area contributed by atoms with Crippen LogP contribution in [0, 0.1) is 0 Å². The summed E-state index contributed by atoms with van der Waals surface area (Å²) in [6.45, 7) is 10.3. The molecule has 0 saturated heterocycles.